The van der Waals surface area contributed by atoms with Crippen LogP contribution in [0.4, 0.5) is 0 Å². The first-order valence-electron chi connectivity index (χ1n) is 10.5. The van der Waals surface area contributed by atoms with Gasteiger partial charge in [0.2, 0.25) is 10.0 Å². The Balaban J connectivity index is 1.31. The third-order valence-corrected chi connectivity index (χ3v) is 8.20. The van der Waals surface area contributed by atoms with Gasteiger partial charge in [0.15, 0.2) is 0 Å². The molecule has 1 saturated heterocycles. The van der Waals surface area contributed by atoms with Crippen molar-refractivity contribution in [2.75, 3.05) is 26.2 Å². The van der Waals surface area contributed by atoms with Gasteiger partial charge in [0.25, 0.3) is 5.91 Å². The lowest BCUT2D eigenvalue weighted by Gasteiger charge is -2.34. The number of fused-ring (bicyclic) bond motifs is 2. The quantitative estimate of drug-likeness (QED) is 0.703. The van der Waals surface area contributed by atoms with E-state index >= 15 is 0 Å². The van der Waals surface area contributed by atoms with Crippen molar-refractivity contribution in [2.24, 2.45) is 0 Å². The van der Waals surface area contributed by atoms with Crippen molar-refractivity contribution in [3.63, 3.8) is 0 Å². The molecule has 2 aliphatic rings. The van der Waals surface area contributed by atoms with Gasteiger partial charge in [-0.25, -0.2) is 8.42 Å². The average molecular weight is 424 g/mol. The monoisotopic (exact) mass is 423 g/mol. The smallest absolute Gasteiger partial charge is 0.256 e. The molecule has 0 unspecified atom stereocenters. The van der Waals surface area contributed by atoms with Gasteiger partial charge in [0.1, 0.15) is 0 Å². The molecule has 1 amide bonds. The van der Waals surface area contributed by atoms with Gasteiger partial charge >= 0.3 is 0 Å². The Morgan fingerprint density at radius 2 is 1.63 bits per heavy atom. The molecule has 1 N–H and O–H groups in total. The lowest BCUT2D eigenvalue weighted by atomic mass is 9.92. The molecule has 2 heterocycles. The Morgan fingerprint density at radius 1 is 0.900 bits per heavy atom. The summed E-state index contributed by atoms with van der Waals surface area (Å²) in [6.07, 6.45) is 6.01. The number of rotatable bonds is 3. The number of hydrogen-bond donors (Lipinski definition) is 1. The van der Waals surface area contributed by atoms with Gasteiger partial charge in [-0.2, -0.15) is 4.31 Å². The molecular weight excluding hydrogens is 398 g/mol. The first-order valence-corrected chi connectivity index (χ1v) is 12.0. The van der Waals surface area contributed by atoms with Crippen molar-refractivity contribution < 1.29 is 13.2 Å². The normalized spacial score (nSPS) is 17.8. The predicted octanol–water partition coefficient (Wildman–Crippen LogP) is 3.19. The molecule has 1 aliphatic carbocycles. The standard InChI is InChI=1S/C23H25N3O3S/c27-23(21-16-24-22-8-4-3-7-20(21)22)25-11-13-26(14-12-25)30(28,29)19-10-9-17-5-1-2-6-18(17)15-19/h3-4,7-10,15-16,24H,1-2,5-6,11-14H2. The van der Waals surface area contributed by atoms with E-state index < -0.39 is 10.0 Å². The first-order chi connectivity index (χ1) is 14.5. The number of carbonyl (C=O) groups is 1. The minimum atomic E-state index is -3.54. The average Bonchev–Trinajstić information content (AvgIpc) is 3.22. The Hall–Kier alpha value is -2.64. The van der Waals surface area contributed by atoms with Crippen LogP contribution in [0.25, 0.3) is 10.9 Å². The van der Waals surface area contributed by atoms with Gasteiger partial charge < -0.3 is 9.88 Å². The molecule has 2 aromatic carbocycles. The van der Waals surface area contributed by atoms with E-state index in [1.807, 2.05) is 36.4 Å². The highest BCUT2D eigenvalue weighted by Crippen LogP contribution is 2.27. The topological polar surface area (TPSA) is 73.5 Å². The van der Waals surface area contributed by atoms with Gasteiger partial charge in [-0.15, -0.1) is 0 Å². The fraction of sp³-hybridized carbons (Fsp3) is 0.348. The second-order valence-electron chi connectivity index (χ2n) is 8.08. The first kappa shape index (κ1) is 19.3. The molecule has 7 heteroatoms. The molecule has 0 saturated carbocycles. The SMILES string of the molecule is O=C(c1c[nH]c2ccccc12)N1CCN(S(=O)(=O)c2ccc3c(c2)CCCC3)CC1. The Bertz CT molecular complexity index is 1210. The van der Waals surface area contributed by atoms with E-state index in [0.717, 1.165) is 35.7 Å². The van der Waals surface area contributed by atoms with E-state index in [4.69, 9.17) is 0 Å². The number of aromatic amines is 1. The van der Waals surface area contributed by atoms with E-state index in [1.54, 1.807) is 17.2 Å². The minimum Gasteiger partial charge on any atom is -0.360 e. The lowest BCUT2D eigenvalue weighted by Crippen LogP contribution is -2.50. The molecule has 156 valence electrons. The van der Waals surface area contributed by atoms with Crippen molar-refractivity contribution in [3.8, 4) is 0 Å². The van der Waals surface area contributed by atoms with Crippen molar-refractivity contribution in [1.29, 1.82) is 0 Å². The zero-order valence-electron chi connectivity index (χ0n) is 16.8. The number of amides is 1. The maximum atomic E-state index is 13.2. The summed E-state index contributed by atoms with van der Waals surface area (Å²) in [5.74, 6) is -0.0571. The van der Waals surface area contributed by atoms with E-state index in [-0.39, 0.29) is 5.91 Å². The van der Waals surface area contributed by atoms with Crippen LogP contribution in [0.1, 0.15) is 34.3 Å². The molecular formula is C23H25N3O3S. The second kappa shape index (κ2) is 7.56. The Morgan fingerprint density at radius 3 is 2.43 bits per heavy atom. The summed E-state index contributed by atoms with van der Waals surface area (Å²) in [4.78, 5) is 18.3. The molecule has 0 bridgehead atoms. The zero-order valence-corrected chi connectivity index (χ0v) is 17.6. The molecule has 3 aromatic rings. The Labute approximate surface area is 176 Å². The van der Waals surface area contributed by atoms with Crippen LogP contribution in [0.5, 0.6) is 0 Å². The maximum absolute atomic E-state index is 13.2. The van der Waals surface area contributed by atoms with Crippen molar-refractivity contribution in [3.05, 3.63) is 65.4 Å². The fourth-order valence-corrected chi connectivity index (χ4v) is 6.04. The molecule has 1 aliphatic heterocycles. The summed E-state index contributed by atoms with van der Waals surface area (Å²) in [5, 5.41) is 0.895. The number of benzene rings is 2. The number of aryl methyl sites for hydroxylation is 2. The summed E-state index contributed by atoms with van der Waals surface area (Å²) in [6, 6.07) is 13.3. The molecule has 0 atom stereocenters. The Kier molecular flexibility index (Phi) is 4.87. The van der Waals surface area contributed by atoms with Gasteiger partial charge in [-0.05, 0) is 55.0 Å². The zero-order chi connectivity index (χ0) is 20.7. The highest BCUT2D eigenvalue weighted by atomic mass is 32.2. The van der Waals surface area contributed by atoms with Gasteiger partial charge in [-0.3, -0.25) is 4.79 Å². The highest BCUT2D eigenvalue weighted by Gasteiger charge is 2.31. The van der Waals surface area contributed by atoms with Crippen LogP contribution in [-0.2, 0) is 22.9 Å². The van der Waals surface area contributed by atoms with Crippen molar-refractivity contribution in [1.82, 2.24) is 14.2 Å². The summed E-state index contributed by atoms with van der Waals surface area (Å²) in [7, 11) is -3.54. The number of hydrogen-bond acceptors (Lipinski definition) is 3. The number of aromatic nitrogens is 1. The van der Waals surface area contributed by atoms with Crippen LogP contribution in [0.3, 0.4) is 0 Å². The van der Waals surface area contributed by atoms with Crippen LogP contribution >= 0.6 is 0 Å². The molecule has 30 heavy (non-hydrogen) atoms. The summed E-state index contributed by atoms with van der Waals surface area (Å²) >= 11 is 0. The number of nitrogens with one attached hydrogen (secondary N) is 1. The third-order valence-electron chi connectivity index (χ3n) is 6.30. The van der Waals surface area contributed by atoms with E-state index in [9.17, 15) is 13.2 Å². The number of H-pyrrole nitrogens is 1. The third kappa shape index (κ3) is 3.32. The molecule has 0 radical (unpaired) electrons. The van der Waals surface area contributed by atoms with Crippen LogP contribution in [0, 0.1) is 0 Å². The largest absolute Gasteiger partial charge is 0.360 e. The number of sulfonamides is 1. The predicted molar refractivity (Wildman–Crippen MR) is 116 cm³/mol. The highest BCUT2D eigenvalue weighted by molar-refractivity contribution is 7.89. The molecule has 1 fully saturated rings. The van der Waals surface area contributed by atoms with Crippen LogP contribution < -0.4 is 0 Å². The van der Waals surface area contributed by atoms with Crippen LogP contribution in [-0.4, -0.2) is 54.7 Å². The molecule has 5 rings (SSSR count). The van der Waals surface area contributed by atoms with Gasteiger partial charge in [0, 0.05) is 43.3 Å². The number of carbonyl (C=O) groups excluding carboxylic acids is 1. The van der Waals surface area contributed by atoms with E-state index in [2.05, 4.69) is 4.98 Å². The van der Waals surface area contributed by atoms with Crippen molar-refractivity contribution in [2.45, 2.75) is 30.6 Å². The van der Waals surface area contributed by atoms with Crippen LogP contribution in [0.15, 0.2) is 53.6 Å². The van der Waals surface area contributed by atoms with Gasteiger partial charge in [0.05, 0.1) is 10.5 Å². The fourth-order valence-electron chi connectivity index (χ4n) is 4.57. The summed E-state index contributed by atoms with van der Waals surface area (Å²) < 4.78 is 27.9. The maximum Gasteiger partial charge on any atom is 0.256 e. The van der Waals surface area contributed by atoms with Gasteiger partial charge in [-0.1, -0.05) is 24.3 Å². The molecule has 0 spiro atoms. The van der Waals surface area contributed by atoms with E-state index in [1.165, 1.54) is 16.3 Å². The summed E-state index contributed by atoms with van der Waals surface area (Å²) in [5.41, 5.74) is 4.00. The number of piperazine rings is 1. The van der Waals surface area contributed by atoms with Crippen molar-refractivity contribution >= 4 is 26.8 Å². The molecule has 1 aromatic heterocycles. The number of nitrogens with zero attached hydrogens (tertiary/aromatic N) is 2. The van der Waals surface area contributed by atoms with E-state index in [0.29, 0.717) is 36.6 Å². The summed E-state index contributed by atoms with van der Waals surface area (Å²) in [6.45, 7) is 1.41. The minimum absolute atomic E-state index is 0.0571. The lowest BCUT2D eigenvalue weighted by molar-refractivity contribution is 0.0700. The second-order valence-corrected chi connectivity index (χ2v) is 10.0. The number of para-hydroxylation sites is 1. The van der Waals surface area contributed by atoms with Crippen LogP contribution in [0.2, 0.25) is 0 Å². The molecule has 6 nitrogen and oxygen atoms in total.